The lowest BCUT2D eigenvalue weighted by molar-refractivity contribution is -0.136. The molecule has 0 aromatic heterocycles. The normalized spacial score (nSPS) is 14.1. The molecule has 0 unspecified atom stereocenters. The number of aliphatic hydroxyl groups excluding tert-OH is 1. The van der Waals surface area contributed by atoms with Crippen LogP contribution in [0.15, 0.2) is 24.3 Å². The van der Waals surface area contributed by atoms with E-state index in [2.05, 4.69) is 10.6 Å². The summed E-state index contributed by atoms with van der Waals surface area (Å²) >= 11 is 0. The van der Waals surface area contributed by atoms with Crippen molar-refractivity contribution in [1.82, 2.24) is 10.2 Å². The predicted octanol–water partition coefficient (Wildman–Crippen LogP) is -0.404. The molecule has 2 rings (SSSR count). The third-order valence-corrected chi connectivity index (χ3v) is 3.53. The minimum Gasteiger partial charge on any atom is -0.396 e. The number of benzene rings is 1. The topological polar surface area (TPSA) is 108 Å². The van der Waals surface area contributed by atoms with E-state index in [1.165, 1.54) is 0 Å². The number of nitrogens with one attached hydrogen (secondary N) is 2. The first kappa shape index (κ1) is 17.9. The second kappa shape index (κ2) is 8.99. The molecule has 8 heteroatoms. The highest BCUT2D eigenvalue weighted by atomic mass is 16.5. The molecule has 3 N–H and O–H groups in total. The molecular weight excluding hydrogens is 314 g/mol. The first-order chi connectivity index (χ1) is 11.6. The summed E-state index contributed by atoms with van der Waals surface area (Å²) in [5, 5.41) is 13.5. The Bertz CT molecular complexity index is 599. The van der Waals surface area contributed by atoms with Gasteiger partial charge in [-0.1, -0.05) is 12.1 Å². The van der Waals surface area contributed by atoms with E-state index in [4.69, 9.17) is 9.84 Å². The number of rotatable bonds is 5. The number of ether oxygens (including phenoxy) is 1. The van der Waals surface area contributed by atoms with E-state index in [1.807, 2.05) is 0 Å². The molecule has 130 valence electrons. The van der Waals surface area contributed by atoms with Gasteiger partial charge < -0.3 is 25.4 Å². The number of morpholine rings is 1. The molecule has 0 saturated carbocycles. The molecule has 1 saturated heterocycles. The highest BCUT2D eigenvalue weighted by Crippen LogP contribution is 2.18. The SMILES string of the molecule is O=C(NCCCO)C(=O)Nc1ccccc1C(=O)N1CCOCC1. The van der Waals surface area contributed by atoms with Crippen LogP contribution in [0.2, 0.25) is 0 Å². The highest BCUT2D eigenvalue weighted by molar-refractivity contribution is 6.40. The molecule has 0 spiro atoms. The Kier molecular flexibility index (Phi) is 6.71. The average Bonchev–Trinajstić information content (AvgIpc) is 2.62. The monoisotopic (exact) mass is 335 g/mol. The molecule has 1 heterocycles. The molecule has 1 aliphatic heterocycles. The summed E-state index contributed by atoms with van der Waals surface area (Å²) in [5.41, 5.74) is 0.618. The Hall–Kier alpha value is -2.45. The van der Waals surface area contributed by atoms with Gasteiger partial charge in [-0.3, -0.25) is 14.4 Å². The summed E-state index contributed by atoms with van der Waals surface area (Å²) in [6.45, 7) is 2.07. The summed E-state index contributed by atoms with van der Waals surface area (Å²) in [5.74, 6) is -1.87. The van der Waals surface area contributed by atoms with Gasteiger partial charge in [0.25, 0.3) is 5.91 Å². The third-order valence-electron chi connectivity index (χ3n) is 3.53. The van der Waals surface area contributed by atoms with Crippen molar-refractivity contribution in [2.24, 2.45) is 0 Å². The van der Waals surface area contributed by atoms with Crippen LogP contribution in [0.1, 0.15) is 16.8 Å². The summed E-state index contributed by atoms with van der Waals surface area (Å²) in [6, 6.07) is 6.56. The van der Waals surface area contributed by atoms with Gasteiger partial charge in [0.05, 0.1) is 24.5 Å². The first-order valence-corrected chi connectivity index (χ1v) is 7.79. The smallest absolute Gasteiger partial charge is 0.313 e. The van der Waals surface area contributed by atoms with Crippen molar-refractivity contribution in [2.45, 2.75) is 6.42 Å². The number of nitrogens with zero attached hydrogens (tertiary/aromatic N) is 1. The molecule has 0 bridgehead atoms. The Morgan fingerprint density at radius 2 is 1.83 bits per heavy atom. The number of amides is 3. The number of aliphatic hydroxyl groups is 1. The summed E-state index contributed by atoms with van der Waals surface area (Å²) in [4.78, 5) is 37.8. The van der Waals surface area contributed by atoms with Crippen LogP contribution in [0, 0.1) is 0 Å². The molecular formula is C16H21N3O5. The van der Waals surface area contributed by atoms with Crippen LogP contribution in [0.25, 0.3) is 0 Å². The van der Waals surface area contributed by atoms with Crippen molar-refractivity contribution in [3.63, 3.8) is 0 Å². The minimum absolute atomic E-state index is 0.0707. The first-order valence-electron chi connectivity index (χ1n) is 7.79. The lowest BCUT2D eigenvalue weighted by Gasteiger charge is -2.27. The summed E-state index contributed by atoms with van der Waals surface area (Å²) in [7, 11) is 0. The number of anilines is 1. The van der Waals surface area contributed by atoms with E-state index in [9.17, 15) is 14.4 Å². The standard InChI is InChI=1S/C16H21N3O5/c20-9-3-6-17-14(21)15(22)18-13-5-2-1-4-12(13)16(23)19-7-10-24-11-8-19/h1-2,4-5,20H,3,6-11H2,(H,17,21)(H,18,22). The van der Waals surface area contributed by atoms with Gasteiger partial charge in [0.1, 0.15) is 0 Å². The predicted molar refractivity (Wildman–Crippen MR) is 86.5 cm³/mol. The van der Waals surface area contributed by atoms with Crippen molar-refractivity contribution in [1.29, 1.82) is 0 Å². The van der Waals surface area contributed by atoms with E-state index in [0.717, 1.165) is 0 Å². The minimum atomic E-state index is -0.852. The second-order valence-electron chi connectivity index (χ2n) is 5.24. The molecule has 1 aromatic rings. The number of carbonyl (C=O) groups is 3. The third kappa shape index (κ3) is 4.77. The fourth-order valence-electron chi connectivity index (χ4n) is 2.26. The summed E-state index contributed by atoms with van der Waals surface area (Å²) < 4.78 is 5.22. The van der Waals surface area contributed by atoms with Gasteiger partial charge in [-0.15, -0.1) is 0 Å². The van der Waals surface area contributed by atoms with Gasteiger partial charge in [0.15, 0.2) is 0 Å². The Morgan fingerprint density at radius 3 is 2.54 bits per heavy atom. The number of hydrogen-bond donors (Lipinski definition) is 3. The number of carbonyl (C=O) groups excluding carboxylic acids is 3. The van der Waals surface area contributed by atoms with Crippen LogP contribution in [-0.2, 0) is 14.3 Å². The Morgan fingerprint density at radius 1 is 1.12 bits per heavy atom. The van der Waals surface area contributed by atoms with E-state index < -0.39 is 11.8 Å². The zero-order valence-electron chi connectivity index (χ0n) is 13.3. The quantitative estimate of drug-likeness (QED) is 0.501. The Labute approximate surface area is 139 Å². The molecule has 24 heavy (non-hydrogen) atoms. The van der Waals surface area contributed by atoms with Gasteiger partial charge in [-0.2, -0.15) is 0 Å². The molecule has 1 fully saturated rings. The van der Waals surface area contributed by atoms with Crippen LogP contribution in [0.5, 0.6) is 0 Å². The molecule has 0 radical (unpaired) electrons. The van der Waals surface area contributed by atoms with Crippen molar-refractivity contribution in [3.8, 4) is 0 Å². The average molecular weight is 335 g/mol. The van der Waals surface area contributed by atoms with Crippen LogP contribution < -0.4 is 10.6 Å². The molecule has 1 aliphatic rings. The van der Waals surface area contributed by atoms with Crippen molar-refractivity contribution in [3.05, 3.63) is 29.8 Å². The van der Waals surface area contributed by atoms with E-state index >= 15 is 0 Å². The van der Waals surface area contributed by atoms with Crippen LogP contribution >= 0.6 is 0 Å². The molecule has 0 aliphatic carbocycles. The maximum absolute atomic E-state index is 12.6. The van der Waals surface area contributed by atoms with Gasteiger partial charge in [-0.05, 0) is 18.6 Å². The summed E-state index contributed by atoms with van der Waals surface area (Å²) in [6.07, 6.45) is 0.366. The van der Waals surface area contributed by atoms with E-state index in [-0.39, 0.29) is 24.7 Å². The van der Waals surface area contributed by atoms with Crippen LogP contribution in [0.3, 0.4) is 0 Å². The molecule has 3 amide bonds. The maximum Gasteiger partial charge on any atom is 0.313 e. The van der Waals surface area contributed by atoms with Crippen LogP contribution in [0.4, 0.5) is 5.69 Å². The number of hydrogen-bond acceptors (Lipinski definition) is 5. The van der Waals surface area contributed by atoms with Crippen molar-refractivity contribution in [2.75, 3.05) is 44.8 Å². The van der Waals surface area contributed by atoms with Crippen LogP contribution in [-0.4, -0.2) is 67.2 Å². The lowest BCUT2D eigenvalue weighted by Crippen LogP contribution is -2.41. The van der Waals surface area contributed by atoms with Crippen molar-refractivity contribution >= 4 is 23.4 Å². The zero-order chi connectivity index (χ0) is 17.4. The number of para-hydroxylation sites is 1. The van der Waals surface area contributed by atoms with Crippen molar-refractivity contribution < 1.29 is 24.2 Å². The van der Waals surface area contributed by atoms with Gasteiger partial charge in [0, 0.05) is 26.2 Å². The second-order valence-corrected chi connectivity index (χ2v) is 5.24. The fraction of sp³-hybridized carbons (Fsp3) is 0.438. The zero-order valence-corrected chi connectivity index (χ0v) is 13.3. The molecule has 1 aromatic carbocycles. The molecule has 8 nitrogen and oxygen atoms in total. The highest BCUT2D eigenvalue weighted by Gasteiger charge is 2.22. The lowest BCUT2D eigenvalue weighted by atomic mass is 10.1. The molecule has 0 atom stereocenters. The largest absolute Gasteiger partial charge is 0.396 e. The van der Waals surface area contributed by atoms with E-state index in [0.29, 0.717) is 38.3 Å². The fourth-order valence-corrected chi connectivity index (χ4v) is 2.26. The Balaban J connectivity index is 2.04. The van der Waals surface area contributed by atoms with Gasteiger partial charge in [-0.25, -0.2) is 0 Å². The van der Waals surface area contributed by atoms with Gasteiger partial charge >= 0.3 is 11.8 Å². The van der Waals surface area contributed by atoms with Gasteiger partial charge in [0.2, 0.25) is 0 Å². The maximum atomic E-state index is 12.6. The van der Waals surface area contributed by atoms with E-state index in [1.54, 1.807) is 29.2 Å².